The van der Waals surface area contributed by atoms with Crippen molar-refractivity contribution in [2.75, 3.05) is 7.05 Å². The van der Waals surface area contributed by atoms with Crippen molar-refractivity contribution in [2.45, 2.75) is 24.9 Å². The van der Waals surface area contributed by atoms with Gasteiger partial charge in [-0.05, 0) is 34.7 Å². The smallest absolute Gasteiger partial charge is 0.242 e. The van der Waals surface area contributed by atoms with Gasteiger partial charge in [-0.3, -0.25) is 14.6 Å². The number of rotatable bonds is 9. The van der Waals surface area contributed by atoms with Gasteiger partial charge in [-0.15, -0.1) is 0 Å². The van der Waals surface area contributed by atoms with E-state index in [1.165, 1.54) is 0 Å². The Morgan fingerprint density at radius 3 is 1.89 bits per heavy atom. The van der Waals surface area contributed by atoms with Gasteiger partial charge in [0.1, 0.15) is 6.04 Å². The van der Waals surface area contributed by atoms with Crippen LogP contribution >= 0.6 is 0 Å². The van der Waals surface area contributed by atoms with Gasteiger partial charge in [0.15, 0.2) is 0 Å². The molecule has 1 heterocycles. The lowest BCUT2D eigenvalue weighted by Crippen LogP contribution is -2.52. The van der Waals surface area contributed by atoms with E-state index in [1.807, 2.05) is 84.9 Å². The Bertz CT molecular complexity index is 1270. The van der Waals surface area contributed by atoms with Crippen molar-refractivity contribution in [3.8, 4) is 22.4 Å². The van der Waals surface area contributed by atoms with Crippen LogP contribution in [-0.2, 0) is 22.4 Å². The first-order valence-electron chi connectivity index (χ1n) is 12.0. The third kappa shape index (κ3) is 6.43. The molecule has 0 saturated heterocycles. The largest absolute Gasteiger partial charge is 0.357 e. The molecular formula is C30H30N4O2. The van der Waals surface area contributed by atoms with Gasteiger partial charge < -0.3 is 16.4 Å². The molecule has 1 aromatic heterocycles. The van der Waals surface area contributed by atoms with Gasteiger partial charge in [-0.2, -0.15) is 0 Å². The predicted octanol–water partition coefficient (Wildman–Crippen LogP) is 3.76. The third-order valence-corrected chi connectivity index (χ3v) is 6.07. The maximum Gasteiger partial charge on any atom is 0.242 e. The average molecular weight is 479 g/mol. The van der Waals surface area contributed by atoms with Crippen molar-refractivity contribution >= 4 is 11.8 Å². The highest BCUT2D eigenvalue weighted by molar-refractivity contribution is 5.90. The van der Waals surface area contributed by atoms with Crippen LogP contribution in [0.15, 0.2) is 103 Å². The number of pyridine rings is 1. The number of nitrogens with zero attached hydrogens (tertiary/aromatic N) is 1. The fourth-order valence-electron chi connectivity index (χ4n) is 4.03. The number of hydrogen-bond donors (Lipinski definition) is 3. The molecule has 6 heteroatoms. The van der Waals surface area contributed by atoms with Crippen molar-refractivity contribution in [3.63, 3.8) is 0 Å². The summed E-state index contributed by atoms with van der Waals surface area (Å²) in [5, 5.41) is 5.44. The van der Waals surface area contributed by atoms with Gasteiger partial charge in [0.05, 0.1) is 11.7 Å². The molecule has 36 heavy (non-hydrogen) atoms. The van der Waals surface area contributed by atoms with Crippen LogP contribution in [0.4, 0.5) is 0 Å². The molecule has 0 aliphatic rings. The predicted molar refractivity (Wildman–Crippen MR) is 143 cm³/mol. The zero-order chi connectivity index (χ0) is 25.3. The molecule has 4 N–H and O–H groups in total. The van der Waals surface area contributed by atoms with Crippen LogP contribution in [0.25, 0.3) is 22.4 Å². The van der Waals surface area contributed by atoms with Crippen LogP contribution in [0, 0.1) is 0 Å². The Kier molecular flexibility index (Phi) is 8.21. The molecule has 0 saturated carbocycles. The Labute approximate surface area is 211 Å². The van der Waals surface area contributed by atoms with Crippen LogP contribution in [-0.4, -0.2) is 35.9 Å². The number of aromatic nitrogens is 1. The molecular weight excluding hydrogens is 448 g/mol. The second-order valence-corrected chi connectivity index (χ2v) is 8.67. The number of benzene rings is 3. The number of likely N-dealkylation sites (N-methyl/N-ethyl adjacent to an activating group) is 1. The Balaban J connectivity index is 1.38. The lowest BCUT2D eigenvalue weighted by atomic mass is 10.00. The first kappa shape index (κ1) is 24.8. The van der Waals surface area contributed by atoms with Crippen LogP contribution in [0.1, 0.15) is 11.1 Å². The van der Waals surface area contributed by atoms with E-state index in [0.717, 1.165) is 33.5 Å². The van der Waals surface area contributed by atoms with Gasteiger partial charge in [0.2, 0.25) is 11.8 Å². The van der Waals surface area contributed by atoms with Crippen molar-refractivity contribution in [1.82, 2.24) is 15.6 Å². The van der Waals surface area contributed by atoms with Crippen LogP contribution in [0.2, 0.25) is 0 Å². The second kappa shape index (κ2) is 11.9. The van der Waals surface area contributed by atoms with E-state index in [1.54, 1.807) is 13.2 Å². The van der Waals surface area contributed by atoms with Crippen molar-refractivity contribution in [3.05, 3.63) is 114 Å². The molecule has 4 aromatic rings. The van der Waals surface area contributed by atoms with Crippen LogP contribution in [0.3, 0.4) is 0 Å². The lowest BCUT2D eigenvalue weighted by molar-refractivity contribution is -0.129. The molecule has 3 aromatic carbocycles. The highest BCUT2D eigenvalue weighted by Gasteiger charge is 2.24. The van der Waals surface area contributed by atoms with Gasteiger partial charge in [-0.25, -0.2) is 0 Å². The molecule has 2 amide bonds. The van der Waals surface area contributed by atoms with E-state index in [0.29, 0.717) is 12.8 Å². The van der Waals surface area contributed by atoms with E-state index in [9.17, 15) is 9.59 Å². The zero-order valence-electron chi connectivity index (χ0n) is 20.2. The molecule has 182 valence electrons. The highest BCUT2D eigenvalue weighted by Crippen LogP contribution is 2.20. The van der Waals surface area contributed by atoms with E-state index in [4.69, 9.17) is 5.73 Å². The summed E-state index contributed by atoms with van der Waals surface area (Å²) in [7, 11) is 1.55. The summed E-state index contributed by atoms with van der Waals surface area (Å²) < 4.78 is 0. The lowest BCUT2D eigenvalue weighted by Gasteiger charge is -2.20. The highest BCUT2D eigenvalue weighted by atomic mass is 16.2. The maximum absolute atomic E-state index is 12.9. The Morgan fingerprint density at radius 2 is 1.31 bits per heavy atom. The summed E-state index contributed by atoms with van der Waals surface area (Å²) >= 11 is 0. The number of carbonyl (C=O) groups excluding carboxylic acids is 2. The Hall–Kier alpha value is -4.29. The molecule has 0 aliphatic carbocycles. The second-order valence-electron chi connectivity index (χ2n) is 8.67. The molecule has 0 aliphatic heterocycles. The topological polar surface area (TPSA) is 97.1 Å². The number of carbonyl (C=O) groups is 2. The van der Waals surface area contributed by atoms with Gasteiger partial charge in [0, 0.05) is 25.2 Å². The van der Waals surface area contributed by atoms with Crippen molar-refractivity contribution in [1.29, 1.82) is 0 Å². The minimum absolute atomic E-state index is 0.283. The minimum atomic E-state index is -0.779. The van der Waals surface area contributed by atoms with Crippen molar-refractivity contribution in [2.24, 2.45) is 5.73 Å². The summed E-state index contributed by atoms with van der Waals surface area (Å²) in [4.78, 5) is 29.9. The maximum atomic E-state index is 12.9. The van der Waals surface area contributed by atoms with Crippen molar-refractivity contribution < 1.29 is 9.59 Å². The van der Waals surface area contributed by atoms with Gasteiger partial charge in [-0.1, -0.05) is 91.0 Å². The molecule has 0 fully saturated rings. The molecule has 0 bridgehead atoms. The summed E-state index contributed by atoms with van der Waals surface area (Å²) in [6, 6.07) is 30.3. The normalized spacial score (nSPS) is 12.4. The first-order chi connectivity index (χ1) is 17.5. The van der Waals surface area contributed by atoms with Crippen LogP contribution < -0.4 is 16.4 Å². The number of hydrogen-bond acceptors (Lipinski definition) is 4. The molecule has 0 spiro atoms. The quantitative estimate of drug-likeness (QED) is 0.341. The summed E-state index contributed by atoms with van der Waals surface area (Å²) in [5.74, 6) is -0.653. The fraction of sp³-hybridized carbons (Fsp3) is 0.167. The summed E-state index contributed by atoms with van der Waals surface area (Å²) in [5.41, 5.74) is 12.1. The molecule has 0 radical (unpaired) electrons. The van der Waals surface area contributed by atoms with Gasteiger partial charge >= 0.3 is 0 Å². The molecule has 2 atom stereocenters. The zero-order valence-corrected chi connectivity index (χ0v) is 20.2. The number of nitrogens with two attached hydrogens (primary N) is 1. The average Bonchev–Trinajstić information content (AvgIpc) is 2.94. The van der Waals surface area contributed by atoms with Crippen LogP contribution in [0.5, 0.6) is 0 Å². The SMILES string of the molecule is CNC(=O)[C@H](Cc1ccc(-c2ccccc2)nc1)NC(=O)[C@@H](N)Cc1ccc(-c2ccccc2)cc1. The molecule has 6 nitrogen and oxygen atoms in total. The number of nitrogens with one attached hydrogen (secondary N) is 2. The monoisotopic (exact) mass is 478 g/mol. The van der Waals surface area contributed by atoms with E-state index in [2.05, 4.69) is 27.8 Å². The van der Waals surface area contributed by atoms with E-state index in [-0.39, 0.29) is 11.8 Å². The molecule has 0 unspecified atom stereocenters. The fourth-order valence-corrected chi connectivity index (χ4v) is 4.03. The summed E-state index contributed by atoms with van der Waals surface area (Å²) in [6.45, 7) is 0. The first-order valence-corrected chi connectivity index (χ1v) is 12.0. The third-order valence-electron chi connectivity index (χ3n) is 6.07. The Morgan fingerprint density at radius 1 is 0.722 bits per heavy atom. The minimum Gasteiger partial charge on any atom is -0.357 e. The van der Waals surface area contributed by atoms with E-state index < -0.39 is 12.1 Å². The van der Waals surface area contributed by atoms with Gasteiger partial charge in [0.25, 0.3) is 0 Å². The summed E-state index contributed by atoms with van der Waals surface area (Å²) in [6.07, 6.45) is 2.42. The van der Waals surface area contributed by atoms with E-state index >= 15 is 0 Å². The number of amides is 2. The molecule has 4 rings (SSSR count). The standard InChI is InChI=1S/C30H30N4O2/c1-32-30(36)28(19-22-14-17-27(33-20-22)25-10-6-3-7-11-25)34-29(35)26(31)18-21-12-15-24(16-13-21)23-8-4-2-5-9-23/h2-17,20,26,28H,18-19,31H2,1H3,(H,32,36)(H,34,35)/t26-,28-/m0/s1.